The van der Waals surface area contributed by atoms with E-state index in [4.69, 9.17) is 0 Å². The first-order chi connectivity index (χ1) is 8.26. The molecular formula is C13H14N2OS. The first-order valence-corrected chi connectivity index (χ1v) is 6.44. The number of hydrogen-bond donors (Lipinski definition) is 0. The van der Waals surface area contributed by atoms with Crippen LogP contribution in [0, 0.1) is 0 Å². The topological polar surface area (TPSA) is 34.9 Å². The molecule has 1 aromatic carbocycles. The zero-order valence-electron chi connectivity index (χ0n) is 9.88. The lowest BCUT2D eigenvalue weighted by molar-refractivity contribution is 0.112. The van der Waals surface area contributed by atoms with E-state index in [0.29, 0.717) is 5.69 Å². The van der Waals surface area contributed by atoms with Gasteiger partial charge in [0, 0.05) is 17.5 Å². The first kappa shape index (κ1) is 11.9. The van der Waals surface area contributed by atoms with Gasteiger partial charge in [0.2, 0.25) is 0 Å². The van der Waals surface area contributed by atoms with E-state index >= 15 is 0 Å². The first-order valence-electron chi connectivity index (χ1n) is 5.46. The van der Waals surface area contributed by atoms with E-state index in [1.54, 1.807) is 18.1 Å². The summed E-state index contributed by atoms with van der Waals surface area (Å²) in [5, 5.41) is 0. The maximum Gasteiger partial charge on any atom is 0.170 e. The molecule has 88 valence electrons. The number of aldehydes is 1. The molecule has 4 heteroatoms. The molecular weight excluding hydrogens is 232 g/mol. The zero-order chi connectivity index (χ0) is 12.3. The van der Waals surface area contributed by atoms with Crippen molar-refractivity contribution in [2.75, 3.05) is 5.75 Å². The Labute approximate surface area is 105 Å². The minimum atomic E-state index is 0.489. The lowest BCUT2D eigenvalue weighted by atomic mass is 10.1. The van der Waals surface area contributed by atoms with Gasteiger partial charge in [0.1, 0.15) is 5.69 Å². The lowest BCUT2D eigenvalue weighted by Crippen LogP contribution is -1.92. The molecule has 0 saturated carbocycles. The molecule has 2 aromatic rings. The molecule has 0 N–H and O–H groups in total. The second kappa shape index (κ2) is 5.19. The monoisotopic (exact) mass is 246 g/mol. The lowest BCUT2D eigenvalue weighted by Gasteiger charge is -2.05. The molecule has 0 bridgehead atoms. The summed E-state index contributed by atoms with van der Waals surface area (Å²) in [6.45, 7) is 2.13. The van der Waals surface area contributed by atoms with Crippen LogP contribution in [-0.2, 0) is 7.05 Å². The standard InChI is InChI=1S/C13H14N2OS/c1-3-17-11-6-4-10(5-7-11)13-12(8-16)14-9-15(13)2/h4-9H,3H2,1-2H3. The Kier molecular flexibility index (Phi) is 3.64. The van der Waals surface area contributed by atoms with E-state index in [-0.39, 0.29) is 0 Å². The summed E-state index contributed by atoms with van der Waals surface area (Å²) < 4.78 is 1.87. The number of carbonyl (C=O) groups excluding carboxylic acids is 1. The minimum absolute atomic E-state index is 0.489. The smallest absolute Gasteiger partial charge is 0.170 e. The Morgan fingerprint density at radius 3 is 2.65 bits per heavy atom. The summed E-state index contributed by atoms with van der Waals surface area (Å²) in [6.07, 6.45) is 2.46. The second-order valence-electron chi connectivity index (χ2n) is 3.66. The van der Waals surface area contributed by atoms with Crippen LogP contribution < -0.4 is 0 Å². The predicted octanol–water partition coefficient (Wildman–Crippen LogP) is 3.01. The number of nitrogens with zero attached hydrogens (tertiary/aromatic N) is 2. The van der Waals surface area contributed by atoms with Gasteiger partial charge in [0.15, 0.2) is 6.29 Å². The van der Waals surface area contributed by atoms with Crippen molar-refractivity contribution < 1.29 is 4.79 Å². The number of thioether (sulfide) groups is 1. The van der Waals surface area contributed by atoms with Crippen molar-refractivity contribution in [2.45, 2.75) is 11.8 Å². The van der Waals surface area contributed by atoms with Gasteiger partial charge in [0.05, 0.1) is 12.0 Å². The van der Waals surface area contributed by atoms with Gasteiger partial charge in [0.25, 0.3) is 0 Å². The number of aromatic nitrogens is 2. The third-order valence-corrected chi connectivity index (χ3v) is 3.41. The van der Waals surface area contributed by atoms with Crippen molar-refractivity contribution in [1.29, 1.82) is 0 Å². The van der Waals surface area contributed by atoms with Crippen molar-refractivity contribution in [3.63, 3.8) is 0 Å². The fourth-order valence-corrected chi connectivity index (χ4v) is 2.42. The minimum Gasteiger partial charge on any atom is -0.333 e. The third-order valence-electron chi connectivity index (χ3n) is 2.52. The molecule has 0 aliphatic carbocycles. The van der Waals surface area contributed by atoms with E-state index in [0.717, 1.165) is 23.3 Å². The van der Waals surface area contributed by atoms with Gasteiger partial charge in [-0.3, -0.25) is 4.79 Å². The molecule has 2 rings (SSSR count). The normalized spacial score (nSPS) is 10.5. The van der Waals surface area contributed by atoms with Gasteiger partial charge < -0.3 is 4.57 Å². The molecule has 3 nitrogen and oxygen atoms in total. The van der Waals surface area contributed by atoms with Crippen LogP contribution in [0.1, 0.15) is 17.4 Å². The van der Waals surface area contributed by atoms with Gasteiger partial charge in [-0.1, -0.05) is 19.1 Å². The zero-order valence-corrected chi connectivity index (χ0v) is 10.7. The maximum absolute atomic E-state index is 10.9. The number of aryl methyl sites for hydroxylation is 1. The number of imidazole rings is 1. The summed E-state index contributed by atoms with van der Waals surface area (Å²) in [7, 11) is 1.89. The Morgan fingerprint density at radius 1 is 1.35 bits per heavy atom. The Morgan fingerprint density at radius 2 is 2.06 bits per heavy atom. The SMILES string of the molecule is CCSc1ccc(-c2c(C=O)ncn2C)cc1. The number of rotatable bonds is 4. The van der Waals surface area contributed by atoms with Crippen LogP contribution in [0.5, 0.6) is 0 Å². The van der Waals surface area contributed by atoms with E-state index in [1.165, 1.54) is 4.90 Å². The summed E-state index contributed by atoms with van der Waals surface area (Å²) in [6, 6.07) is 8.21. The summed E-state index contributed by atoms with van der Waals surface area (Å²) in [4.78, 5) is 16.2. The largest absolute Gasteiger partial charge is 0.333 e. The molecule has 0 amide bonds. The van der Waals surface area contributed by atoms with Crippen LogP contribution in [0.25, 0.3) is 11.3 Å². The average Bonchev–Trinajstić information content (AvgIpc) is 2.72. The second-order valence-corrected chi connectivity index (χ2v) is 5.00. The van der Waals surface area contributed by atoms with Crippen LogP contribution in [0.3, 0.4) is 0 Å². The average molecular weight is 246 g/mol. The summed E-state index contributed by atoms with van der Waals surface area (Å²) >= 11 is 1.80. The fraction of sp³-hybridized carbons (Fsp3) is 0.231. The highest BCUT2D eigenvalue weighted by Crippen LogP contribution is 2.25. The highest BCUT2D eigenvalue weighted by molar-refractivity contribution is 7.99. The van der Waals surface area contributed by atoms with Crippen LogP contribution in [0.2, 0.25) is 0 Å². The van der Waals surface area contributed by atoms with Gasteiger partial charge in [-0.25, -0.2) is 4.98 Å². The van der Waals surface area contributed by atoms with Crippen LogP contribution >= 0.6 is 11.8 Å². The Bertz CT molecular complexity index is 517. The van der Waals surface area contributed by atoms with Gasteiger partial charge in [-0.2, -0.15) is 0 Å². The molecule has 1 heterocycles. The summed E-state index contributed by atoms with van der Waals surface area (Å²) in [5.41, 5.74) is 2.38. The molecule has 0 atom stereocenters. The molecule has 0 saturated heterocycles. The third kappa shape index (κ3) is 2.42. The van der Waals surface area contributed by atoms with Crippen molar-refractivity contribution in [3.8, 4) is 11.3 Å². The molecule has 1 aromatic heterocycles. The molecule has 0 radical (unpaired) electrons. The molecule has 0 spiro atoms. The molecule has 0 fully saturated rings. The summed E-state index contributed by atoms with van der Waals surface area (Å²) in [5.74, 6) is 1.06. The van der Waals surface area contributed by atoms with Gasteiger partial charge in [-0.15, -0.1) is 11.8 Å². The highest BCUT2D eigenvalue weighted by atomic mass is 32.2. The molecule has 0 unspecified atom stereocenters. The van der Waals surface area contributed by atoms with E-state index in [1.807, 2.05) is 23.7 Å². The maximum atomic E-state index is 10.9. The van der Waals surface area contributed by atoms with Crippen LogP contribution in [-0.4, -0.2) is 21.6 Å². The van der Waals surface area contributed by atoms with Gasteiger partial charge in [-0.05, 0) is 17.9 Å². The predicted molar refractivity (Wildman–Crippen MR) is 70.4 cm³/mol. The van der Waals surface area contributed by atoms with Crippen molar-refractivity contribution >= 4 is 18.0 Å². The Hall–Kier alpha value is -1.55. The Balaban J connectivity index is 2.39. The molecule has 17 heavy (non-hydrogen) atoms. The molecule has 0 aliphatic heterocycles. The number of carbonyl (C=O) groups is 1. The number of benzene rings is 1. The van der Waals surface area contributed by atoms with E-state index in [2.05, 4.69) is 24.0 Å². The van der Waals surface area contributed by atoms with Crippen molar-refractivity contribution in [3.05, 3.63) is 36.3 Å². The van der Waals surface area contributed by atoms with Gasteiger partial charge >= 0.3 is 0 Å². The number of hydrogen-bond acceptors (Lipinski definition) is 3. The van der Waals surface area contributed by atoms with Crippen molar-refractivity contribution in [1.82, 2.24) is 9.55 Å². The quantitative estimate of drug-likeness (QED) is 0.614. The molecule has 0 aliphatic rings. The van der Waals surface area contributed by atoms with Crippen LogP contribution in [0.4, 0.5) is 0 Å². The fourth-order valence-electron chi connectivity index (χ4n) is 1.76. The van der Waals surface area contributed by atoms with Crippen LogP contribution in [0.15, 0.2) is 35.5 Å². The highest BCUT2D eigenvalue weighted by Gasteiger charge is 2.09. The van der Waals surface area contributed by atoms with E-state index < -0.39 is 0 Å². The van der Waals surface area contributed by atoms with E-state index in [9.17, 15) is 4.79 Å². The van der Waals surface area contributed by atoms with Crippen molar-refractivity contribution in [2.24, 2.45) is 7.05 Å².